The van der Waals surface area contributed by atoms with Crippen molar-refractivity contribution >= 4 is 5.78 Å². The lowest BCUT2D eigenvalue weighted by atomic mass is 10.1. The topological polar surface area (TPSA) is 54.0 Å². The fraction of sp³-hybridized carbons (Fsp3) is 0.562. The summed E-state index contributed by atoms with van der Waals surface area (Å²) in [6.45, 7) is 5.02. The molecule has 21 heavy (non-hydrogen) atoms. The van der Waals surface area contributed by atoms with Gasteiger partial charge >= 0.3 is 0 Å². The first kappa shape index (κ1) is 17.6. The number of rotatable bonds is 12. The van der Waals surface area contributed by atoms with E-state index in [2.05, 4.69) is 0 Å². The number of methoxy groups -OCH3 is 1. The van der Waals surface area contributed by atoms with Crippen LogP contribution in [-0.2, 0) is 14.2 Å². The van der Waals surface area contributed by atoms with E-state index in [1.54, 1.807) is 19.2 Å². The van der Waals surface area contributed by atoms with Crippen LogP contribution >= 0.6 is 0 Å². The third-order valence-corrected chi connectivity index (χ3v) is 2.78. The number of hydrogen-bond acceptors (Lipinski definition) is 5. The van der Waals surface area contributed by atoms with Crippen molar-refractivity contribution in [1.82, 2.24) is 0 Å². The molecule has 0 aromatic heterocycles. The molecule has 0 N–H and O–H groups in total. The molecule has 1 aromatic carbocycles. The van der Waals surface area contributed by atoms with Crippen LogP contribution in [0.15, 0.2) is 24.3 Å². The maximum absolute atomic E-state index is 11.6. The fourth-order valence-electron chi connectivity index (χ4n) is 1.65. The largest absolute Gasteiger partial charge is 0.491 e. The Balaban J connectivity index is 2.11. The maximum Gasteiger partial charge on any atom is 0.162 e. The summed E-state index contributed by atoms with van der Waals surface area (Å²) in [6, 6.07) is 7.22. The van der Waals surface area contributed by atoms with E-state index < -0.39 is 0 Å². The molecule has 5 heteroatoms. The monoisotopic (exact) mass is 296 g/mol. The summed E-state index contributed by atoms with van der Waals surface area (Å²) in [5, 5.41) is 0. The van der Waals surface area contributed by atoms with Gasteiger partial charge in [0, 0.05) is 19.1 Å². The minimum atomic E-state index is 0.116. The standard InChI is InChI=1S/C16H24O5/c1-3-16(17)14-5-4-6-15(13-14)21-12-11-20-10-9-19-8-7-18-2/h4-6,13H,3,7-12H2,1-2H3. The molecule has 0 spiro atoms. The average molecular weight is 296 g/mol. The Kier molecular flexibility index (Phi) is 9.44. The van der Waals surface area contributed by atoms with Gasteiger partial charge in [-0.1, -0.05) is 19.1 Å². The highest BCUT2D eigenvalue weighted by Gasteiger charge is 2.04. The van der Waals surface area contributed by atoms with E-state index in [1.807, 2.05) is 19.1 Å². The third kappa shape index (κ3) is 7.80. The van der Waals surface area contributed by atoms with Crippen molar-refractivity contribution in [3.05, 3.63) is 29.8 Å². The summed E-state index contributed by atoms with van der Waals surface area (Å²) >= 11 is 0. The van der Waals surface area contributed by atoms with Crippen LogP contribution in [0.1, 0.15) is 23.7 Å². The minimum Gasteiger partial charge on any atom is -0.491 e. The van der Waals surface area contributed by atoms with E-state index in [9.17, 15) is 4.79 Å². The predicted molar refractivity (Wildman–Crippen MR) is 80.1 cm³/mol. The second-order valence-electron chi connectivity index (χ2n) is 4.37. The summed E-state index contributed by atoms with van der Waals surface area (Å²) in [4.78, 5) is 11.6. The highest BCUT2D eigenvalue weighted by Crippen LogP contribution is 2.14. The molecule has 0 heterocycles. The van der Waals surface area contributed by atoms with Crippen LogP contribution in [0.4, 0.5) is 0 Å². The molecule has 118 valence electrons. The Labute approximate surface area is 126 Å². The maximum atomic E-state index is 11.6. The highest BCUT2D eigenvalue weighted by atomic mass is 16.6. The molecule has 0 atom stereocenters. The van der Waals surface area contributed by atoms with Gasteiger partial charge in [0.05, 0.1) is 33.0 Å². The average Bonchev–Trinajstić information content (AvgIpc) is 2.53. The van der Waals surface area contributed by atoms with Gasteiger partial charge in [-0.25, -0.2) is 0 Å². The number of carbonyl (C=O) groups is 1. The second-order valence-corrected chi connectivity index (χ2v) is 4.37. The van der Waals surface area contributed by atoms with E-state index in [1.165, 1.54) is 0 Å². The summed E-state index contributed by atoms with van der Waals surface area (Å²) in [6.07, 6.45) is 0.496. The van der Waals surface area contributed by atoms with Gasteiger partial charge in [0.15, 0.2) is 5.78 Å². The lowest BCUT2D eigenvalue weighted by Crippen LogP contribution is -2.12. The minimum absolute atomic E-state index is 0.116. The molecule has 0 unspecified atom stereocenters. The number of Topliss-reactive ketones (excluding diaryl/α,β-unsaturated/α-hetero) is 1. The van der Waals surface area contributed by atoms with Crippen molar-refractivity contribution in [3.63, 3.8) is 0 Å². The van der Waals surface area contributed by atoms with E-state index in [0.29, 0.717) is 57.4 Å². The third-order valence-electron chi connectivity index (χ3n) is 2.78. The zero-order valence-corrected chi connectivity index (χ0v) is 12.8. The second kappa shape index (κ2) is 11.3. The summed E-state index contributed by atoms with van der Waals surface area (Å²) < 4.78 is 21.1. The van der Waals surface area contributed by atoms with Gasteiger partial charge in [-0.3, -0.25) is 4.79 Å². The SMILES string of the molecule is CCC(=O)c1cccc(OCCOCCOCCOC)c1. The van der Waals surface area contributed by atoms with Crippen LogP contribution < -0.4 is 4.74 Å². The first-order valence-electron chi connectivity index (χ1n) is 7.18. The predicted octanol–water partition coefficient (Wildman–Crippen LogP) is 2.34. The molecular weight excluding hydrogens is 272 g/mol. The van der Waals surface area contributed by atoms with Gasteiger partial charge in [-0.05, 0) is 12.1 Å². The molecule has 0 saturated heterocycles. The first-order chi connectivity index (χ1) is 10.3. The van der Waals surface area contributed by atoms with Gasteiger partial charge in [-0.2, -0.15) is 0 Å². The van der Waals surface area contributed by atoms with Gasteiger partial charge in [-0.15, -0.1) is 0 Å². The van der Waals surface area contributed by atoms with E-state index >= 15 is 0 Å². The van der Waals surface area contributed by atoms with Crippen LogP contribution in [0.25, 0.3) is 0 Å². The molecular formula is C16H24O5. The Hall–Kier alpha value is -1.43. The lowest BCUT2D eigenvalue weighted by Gasteiger charge is -2.08. The molecule has 0 aliphatic carbocycles. The molecule has 0 saturated carbocycles. The molecule has 0 aliphatic rings. The zero-order valence-electron chi connectivity index (χ0n) is 12.8. The van der Waals surface area contributed by atoms with E-state index in [-0.39, 0.29) is 5.78 Å². The molecule has 0 aliphatic heterocycles. The Morgan fingerprint density at radius 3 is 2.33 bits per heavy atom. The number of hydrogen-bond donors (Lipinski definition) is 0. The van der Waals surface area contributed by atoms with Crippen molar-refractivity contribution in [2.24, 2.45) is 0 Å². The molecule has 0 fully saturated rings. The van der Waals surface area contributed by atoms with Crippen LogP contribution in [0.5, 0.6) is 5.75 Å². The molecule has 5 nitrogen and oxygen atoms in total. The van der Waals surface area contributed by atoms with Gasteiger partial charge in [0.1, 0.15) is 12.4 Å². The number of ketones is 1. The Morgan fingerprint density at radius 1 is 1.00 bits per heavy atom. The first-order valence-corrected chi connectivity index (χ1v) is 7.18. The summed E-state index contributed by atoms with van der Waals surface area (Å²) in [5.74, 6) is 0.805. The molecule has 1 rings (SSSR count). The molecule has 0 amide bonds. The molecule has 0 radical (unpaired) electrons. The van der Waals surface area contributed by atoms with Crippen LogP contribution in [0.3, 0.4) is 0 Å². The van der Waals surface area contributed by atoms with E-state index in [4.69, 9.17) is 18.9 Å². The van der Waals surface area contributed by atoms with Crippen molar-refractivity contribution in [2.45, 2.75) is 13.3 Å². The molecule has 1 aromatic rings. The van der Waals surface area contributed by atoms with Crippen LogP contribution in [-0.4, -0.2) is 52.5 Å². The lowest BCUT2D eigenvalue weighted by molar-refractivity contribution is 0.0179. The fourth-order valence-corrected chi connectivity index (χ4v) is 1.65. The van der Waals surface area contributed by atoms with Crippen molar-refractivity contribution in [1.29, 1.82) is 0 Å². The van der Waals surface area contributed by atoms with E-state index in [0.717, 1.165) is 0 Å². The summed E-state index contributed by atoms with van der Waals surface area (Å²) in [7, 11) is 1.64. The van der Waals surface area contributed by atoms with Crippen LogP contribution in [0, 0.1) is 0 Å². The van der Waals surface area contributed by atoms with Crippen molar-refractivity contribution in [3.8, 4) is 5.75 Å². The number of ether oxygens (including phenoxy) is 4. The normalized spacial score (nSPS) is 10.6. The van der Waals surface area contributed by atoms with Gasteiger partial charge in [0.2, 0.25) is 0 Å². The zero-order chi connectivity index (χ0) is 15.3. The number of benzene rings is 1. The Morgan fingerprint density at radius 2 is 1.67 bits per heavy atom. The van der Waals surface area contributed by atoms with Crippen molar-refractivity contribution in [2.75, 3.05) is 46.8 Å². The number of carbonyl (C=O) groups excluding carboxylic acids is 1. The smallest absolute Gasteiger partial charge is 0.162 e. The van der Waals surface area contributed by atoms with Gasteiger partial charge in [0.25, 0.3) is 0 Å². The van der Waals surface area contributed by atoms with Crippen LogP contribution in [0.2, 0.25) is 0 Å². The van der Waals surface area contributed by atoms with Crippen molar-refractivity contribution < 1.29 is 23.7 Å². The Bertz CT molecular complexity index is 405. The molecule has 0 bridgehead atoms. The summed E-state index contributed by atoms with van der Waals surface area (Å²) in [5.41, 5.74) is 0.683. The van der Waals surface area contributed by atoms with Gasteiger partial charge < -0.3 is 18.9 Å². The quantitative estimate of drug-likeness (QED) is 0.438. The highest BCUT2D eigenvalue weighted by molar-refractivity contribution is 5.96.